The van der Waals surface area contributed by atoms with E-state index in [1.807, 2.05) is 0 Å². The Labute approximate surface area is 244 Å². The number of aryl methyl sites for hydroxylation is 1. The number of hydrogen-bond acceptors (Lipinski definition) is 4. The van der Waals surface area contributed by atoms with Crippen molar-refractivity contribution in [3.8, 4) is 0 Å². The maximum Gasteiger partial charge on any atom is 0.264 e. The molecule has 3 rings (SSSR count). The van der Waals surface area contributed by atoms with Crippen LogP contribution in [-0.4, -0.2) is 44.3 Å². The Hall–Kier alpha value is -2.78. The van der Waals surface area contributed by atoms with Gasteiger partial charge in [0.15, 0.2) is 0 Å². The number of anilines is 1. The summed E-state index contributed by atoms with van der Waals surface area (Å²) in [6.45, 7) is 5.14. The summed E-state index contributed by atoms with van der Waals surface area (Å²) >= 11 is 18.4. The van der Waals surface area contributed by atoms with Gasteiger partial charge in [0.25, 0.3) is 10.0 Å². The molecule has 0 saturated carbocycles. The van der Waals surface area contributed by atoms with Gasteiger partial charge >= 0.3 is 0 Å². The summed E-state index contributed by atoms with van der Waals surface area (Å²) in [6.07, 6.45) is 0.310. The van der Waals surface area contributed by atoms with Crippen LogP contribution >= 0.6 is 34.8 Å². The fourth-order valence-electron chi connectivity index (χ4n) is 4.18. The lowest BCUT2D eigenvalue weighted by molar-refractivity contribution is -0.140. The van der Waals surface area contributed by atoms with Gasteiger partial charge in [0, 0.05) is 18.1 Å². The van der Waals surface area contributed by atoms with E-state index in [4.69, 9.17) is 34.8 Å². The second-order valence-electron chi connectivity index (χ2n) is 8.84. The first-order chi connectivity index (χ1) is 18.5. The number of amides is 2. The molecule has 11 heteroatoms. The van der Waals surface area contributed by atoms with Gasteiger partial charge in [-0.15, -0.1) is 0 Å². The number of nitrogens with one attached hydrogen (secondary N) is 1. The number of likely N-dealkylation sites (N-methyl/N-ethyl adjacent to an activating group) is 1. The van der Waals surface area contributed by atoms with Gasteiger partial charge in [-0.25, -0.2) is 8.42 Å². The molecule has 0 unspecified atom stereocenters. The molecule has 0 aliphatic carbocycles. The zero-order valence-corrected chi connectivity index (χ0v) is 24.9. The molecule has 0 aromatic heterocycles. The fraction of sp³-hybridized carbons (Fsp3) is 0.286. The maximum atomic E-state index is 14.0. The Kier molecular flexibility index (Phi) is 10.7. The van der Waals surface area contributed by atoms with Gasteiger partial charge in [-0.05, 0) is 73.9 Å². The monoisotopic (exact) mass is 609 g/mol. The van der Waals surface area contributed by atoms with E-state index in [9.17, 15) is 18.0 Å². The van der Waals surface area contributed by atoms with Gasteiger partial charge in [-0.3, -0.25) is 13.9 Å². The molecule has 0 spiro atoms. The normalized spacial score (nSPS) is 12.1. The molecule has 0 heterocycles. The third kappa shape index (κ3) is 7.45. The zero-order chi connectivity index (χ0) is 28.7. The average Bonchev–Trinajstić information content (AvgIpc) is 2.90. The summed E-state index contributed by atoms with van der Waals surface area (Å²) in [5.41, 5.74) is 1.51. The van der Waals surface area contributed by atoms with Crippen molar-refractivity contribution >= 4 is 62.3 Å². The summed E-state index contributed by atoms with van der Waals surface area (Å²) in [5.74, 6) is -0.901. The maximum absolute atomic E-state index is 14.0. The first kappa shape index (κ1) is 30.8. The second-order valence-corrected chi connectivity index (χ2v) is 12.0. The van der Waals surface area contributed by atoms with Gasteiger partial charge < -0.3 is 10.2 Å². The van der Waals surface area contributed by atoms with Crippen LogP contribution in [0.2, 0.25) is 15.1 Å². The lowest BCUT2D eigenvalue weighted by atomic mass is 10.1. The Bertz CT molecular complexity index is 1440. The van der Waals surface area contributed by atoms with Crippen LogP contribution in [0.25, 0.3) is 0 Å². The number of rotatable bonds is 11. The van der Waals surface area contributed by atoms with Crippen molar-refractivity contribution in [1.82, 2.24) is 10.2 Å². The first-order valence-electron chi connectivity index (χ1n) is 12.3. The smallest absolute Gasteiger partial charge is 0.264 e. The number of carbonyl (C=O) groups excluding carboxylic acids is 2. The molecule has 7 nitrogen and oxygen atoms in total. The van der Waals surface area contributed by atoms with Gasteiger partial charge in [0.05, 0.1) is 20.6 Å². The molecule has 208 valence electrons. The highest BCUT2D eigenvalue weighted by Gasteiger charge is 2.34. The molecule has 0 radical (unpaired) electrons. The number of halogens is 3. The molecule has 0 aliphatic heterocycles. The Morgan fingerprint density at radius 1 is 0.923 bits per heavy atom. The first-order valence-corrected chi connectivity index (χ1v) is 14.9. The molecular weight excluding hydrogens is 581 g/mol. The molecule has 39 heavy (non-hydrogen) atoms. The van der Waals surface area contributed by atoms with Crippen LogP contribution in [0.5, 0.6) is 0 Å². The van der Waals surface area contributed by atoms with E-state index < -0.39 is 28.5 Å². The van der Waals surface area contributed by atoms with Gasteiger partial charge in [-0.2, -0.15) is 0 Å². The predicted molar refractivity (Wildman–Crippen MR) is 157 cm³/mol. The van der Waals surface area contributed by atoms with Crippen LogP contribution in [0.4, 0.5) is 5.69 Å². The van der Waals surface area contributed by atoms with Crippen molar-refractivity contribution < 1.29 is 18.0 Å². The summed E-state index contributed by atoms with van der Waals surface area (Å²) < 4.78 is 28.8. The van der Waals surface area contributed by atoms with Gasteiger partial charge in [0.1, 0.15) is 12.6 Å². The minimum atomic E-state index is -4.16. The van der Waals surface area contributed by atoms with Crippen LogP contribution in [0, 0.1) is 6.92 Å². The number of carbonyl (C=O) groups is 2. The van der Waals surface area contributed by atoms with Crippen LogP contribution < -0.4 is 9.62 Å². The summed E-state index contributed by atoms with van der Waals surface area (Å²) in [7, 11) is -4.16. The SMILES string of the molecule is CCNC(=O)[C@H](CC)N(Cc1ccc(Cl)c(Cl)c1)C(=O)CN(c1ccc(Cl)cc1C)S(=O)(=O)c1ccccc1. The Morgan fingerprint density at radius 3 is 2.21 bits per heavy atom. The molecule has 1 atom stereocenters. The van der Waals surface area contributed by atoms with E-state index in [0.717, 1.165) is 4.31 Å². The summed E-state index contributed by atoms with van der Waals surface area (Å²) in [4.78, 5) is 28.4. The second kappa shape index (κ2) is 13.5. The van der Waals surface area contributed by atoms with Crippen molar-refractivity contribution in [1.29, 1.82) is 0 Å². The van der Waals surface area contributed by atoms with E-state index in [2.05, 4.69) is 5.32 Å². The fourth-order valence-corrected chi connectivity index (χ4v) is 6.23. The minimum absolute atomic E-state index is 0.0180. The van der Waals surface area contributed by atoms with Gasteiger partial charge in [-0.1, -0.05) is 66.0 Å². The van der Waals surface area contributed by atoms with Crippen molar-refractivity contribution in [3.63, 3.8) is 0 Å². The van der Waals surface area contributed by atoms with Crippen LogP contribution in [0.1, 0.15) is 31.4 Å². The Morgan fingerprint density at radius 2 is 1.62 bits per heavy atom. The number of benzene rings is 3. The number of sulfonamides is 1. The molecule has 3 aromatic carbocycles. The van der Waals surface area contributed by atoms with E-state index >= 15 is 0 Å². The quantitative estimate of drug-likeness (QED) is 0.285. The van der Waals surface area contributed by atoms with Crippen molar-refractivity contribution in [2.75, 3.05) is 17.4 Å². The average molecular weight is 611 g/mol. The zero-order valence-electron chi connectivity index (χ0n) is 21.8. The largest absolute Gasteiger partial charge is 0.355 e. The molecule has 3 aromatic rings. The molecular formula is C28H30Cl3N3O4S. The lowest BCUT2D eigenvalue weighted by Gasteiger charge is -2.33. The van der Waals surface area contributed by atoms with Gasteiger partial charge in [0.2, 0.25) is 11.8 Å². The van der Waals surface area contributed by atoms with E-state index in [-0.39, 0.29) is 17.3 Å². The van der Waals surface area contributed by atoms with E-state index in [1.54, 1.807) is 75.4 Å². The minimum Gasteiger partial charge on any atom is -0.355 e. The van der Waals surface area contributed by atoms with Crippen molar-refractivity contribution in [2.24, 2.45) is 0 Å². The van der Waals surface area contributed by atoms with E-state index in [1.165, 1.54) is 17.0 Å². The highest BCUT2D eigenvalue weighted by Crippen LogP contribution is 2.30. The third-order valence-corrected chi connectivity index (χ3v) is 8.86. The van der Waals surface area contributed by atoms with E-state index in [0.29, 0.717) is 44.8 Å². The number of nitrogens with zero attached hydrogens (tertiary/aromatic N) is 2. The summed E-state index contributed by atoms with van der Waals surface area (Å²) in [5, 5.41) is 3.86. The molecule has 0 aliphatic rings. The topological polar surface area (TPSA) is 86.8 Å². The standard InChI is InChI=1S/C28H30Cl3N3O4S/c1-4-25(28(36)32-5-2)33(17-20-11-13-23(30)24(31)16-20)27(35)18-34(26-14-12-21(29)15-19(26)3)39(37,38)22-9-7-6-8-10-22/h6-16,25H,4-5,17-18H2,1-3H3,(H,32,36)/t25-/m0/s1. The highest BCUT2D eigenvalue weighted by atomic mass is 35.5. The van der Waals surface area contributed by atoms with Crippen LogP contribution in [0.15, 0.2) is 71.6 Å². The van der Waals surface area contributed by atoms with Crippen molar-refractivity contribution in [3.05, 3.63) is 92.9 Å². The molecule has 0 saturated heterocycles. The van der Waals surface area contributed by atoms with Crippen LogP contribution in [0.3, 0.4) is 0 Å². The highest BCUT2D eigenvalue weighted by molar-refractivity contribution is 7.92. The lowest BCUT2D eigenvalue weighted by Crippen LogP contribution is -2.52. The molecule has 1 N–H and O–H groups in total. The molecule has 0 fully saturated rings. The third-order valence-electron chi connectivity index (χ3n) is 6.11. The van der Waals surface area contributed by atoms with Crippen molar-refractivity contribution in [2.45, 2.75) is 44.7 Å². The molecule has 0 bridgehead atoms. The van der Waals surface area contributed by atoms with Crippen LogP contribution in [-0.2, 0) is 26.2 Å². The predicted octanol–water partition coefficient (Wildman–Crippen LogP) is 6.09. The Balaban J connectivity index is 2.09. The number of hydrogen-bond donors (Lipinski definition) is 1. The summed E-state index contributed by atoms with van der Waals surface area (Å²) in [6, 6.07) is 16.7. The molecule has 2 amide bonds.